The number of fused-ring (bicyclic) bond motifs is 2. The first-order chi connectivity index (χ1) is 19.3. The van der Waals surface area contributed by atoms with Crippen LogP contribution in [-0.2, 0) is 19.1 Å². The van der Waals surface area contributed by atoms with E-state index < -0.39 is 39.4 Å². The van der Waals surface area contributed by atoms with E-state index in [1.165, 1.54) is 16.7 Å². The molecule has 0 bridgehead atoms. The number of carbonyl (C=O) groups is 3. The maximum Gasteiger partial charge on any atom is 0.311 e. The van der Waals surface area contributed by atoms with Crippen LogP contribution in [0.4, 0.5) is 5.69 Å². The van der Waals surface area contributed by atoms with E-state index in [0.29, 0.717) is 22.7 Å². The number of thioether (sulfide) groups is 1. The van der Waals surface area contributed by atoms with E-state index in [1.807, 2.05) is 61.5 Å². The van der Waals surface area contributed by atoms with Gasteiger partial charge in [0.2, 0.25) is 5.91 Å². The van der Waals surface area contributed by atoms with Gasteiger partial charge in [0.25, 0.3) is 5.91 Å². The van der Waals surface area contributed by atoms with Crippen molar-refractivity contribution in [1.82, 2.24) is 4.90 Å². The van der Waals surface area contributed by atoms with Crippen molar-refractivity contribution in [2.75, 3.05) is 24.7 Å². The van der Waals surface area contributed by atoms with Crippen molar-refractivity contribution in [2.45, 2.75) is 41.3 Å². The summed E-state index contributed by atoms with van der Waals surface area (Å²) >= 11 is 8.04. The van der Waals surface area contributed by atoms with Crippen LogP contribution >= 0.6 is 23.4 Å². The molecule has 7 nitrogen and oxygen atoms in total. The Hall–Kier alpha value is -3.07. The number of likely N-dealkylation sites (tertiary alicyclic amines) is 1. The molecular formula is C31H31ClN2O5S. The van der Waals surface area contributed by atoms with Crippen LogP contribution in [0, 0.1) is 11.8 Å². The number of rotatable bonds is 4. The van der Waals surface area contributed by atoms with Crippen LogP contribution in [0.25, 0.3) is 0 Å². The van der Waals surface area contributed by atoms with Crippen molar-refractivity contribution in [2.24, 2.45) is 11.8 Å². The third-order valence-electron chi connectivity index (χ3n) is 8.52. The Balaban J connectivity index is 1.55. The summed E-state index contributed by atoms with van der Waals surface area (Å²) in [4.78, 5) is 46.1. The molecule has 2 aromatic rings. The van der Waals surface area contributed by atoms with Gasteiger partial charge in [-0.25, -0.2) is 0 Å². The number of carbonyl (C=O) groups excluding carboxylic acids is 3. The quantitative estimate of drug-likeness (QED) is 0.423. The molecule has 1 spiro atoms. The number of ether oxygens (including phenoxy) is 1. The van der Waals surface area contributed by atoms with Crippen molar-refractivity contribution >= 4 is 46.8 Å². The first-order valence-electron chi connectivity index (χ1n) is 13.6. The molecule has 1 N–H and O–H groups in total. The van der Waals surface area contributed by atoms with Crippen LogP contribution < -0.4 is 4.90 Å². The van der Waals surface area contributed by atoms with Crippen molar-refractivity contribution in [3.05, 3.63) is 89.5 Å². The highest BCUT2D eigenvalue weighted by Gasteiger charge is 2.74. The van der Waals surface area contributed by atoms with E-state index in [1.54, 1.807) is 23.1 Å². The predicted molar refractivity (Wildman–Crippen MR) is 155 cm³/mol. The lowest BCUT2D eigenvalue weighted by Gasteiger charge is -2.40. The fourth-order valence-corrected chi connectivity index (χ4v) is 9.20. The second-order valence-electron chi connectivity index (χ2n) is 10.9. The zero-order valence-electron chi connectivity index (χ0n) is 22.1. The zero-order chi connectivity index (χ0) is 28.1. The molecule has 2 fully saturated rings. The number of benzene rings is 2. The van der Waals surface area contributed by atoms with Gasteiger partial charge in [-0.05, 0) is 37.5 Å². The second-order valence-corrected chi connectivity index (χ2v) is 13.1. The highest BCUT2D eigenvalue weighted by molar-refractivity contribution is 8.02. The number of hydrogen-bond donors (Lipinski definition) is 1. The molecule has 4 aliphatic heterocycles. The van der Waals surface area contributed by atoms with Gasteiger partial charge in [0.1, 0.15) is 6.04 Å². The predicted octanol–water partition coefficient (Wildman–Crippen LogP) is 4.56. The molecule has 0 saturated carbocycles. The minimum absolute atomic E-state index is 0.257. The SMILES string of the molecule is C[C@]12/C=C\CCCOC(=O)[C@H]1[C@H]1C(=O)N([C@H](CO)c3ccccc3)C3C(=O)N(c4ccccc4Cl)CC=C[C@@]31S2. The molecule has 2 amide bonds. The van der Waals surface area contributed by atoms with Crippen LogP contribution in [-0.4, -0.2) is 63.1 Å². The van der Waals surface area contributed by atoms with Gasteiger partial charge in [-0.1, -0.05) is 78.4 Å². The first kappa shape index (κ1) is 27.1. The van der Waals surface area contributed by atoms with Gasteiger partial charge in [-0.3, -0.25) is 14.4 Å². The molecule has 4 heterocycles. The molecule has 0 aliphatic carbocycles. The minimum atomic E-state index is -1.06. The lowest BCUT2D eigenvalue weighted by molar-refractivity contribution is -0.154. The first-order valence-corrected chi connectivity index (χ1v) is 14.8. The Bertz CT molecular complexity index is 1400. The Morgan fingerprint density at radius 3 is 2.52 bits per heavy atom. The molecule has 4 aliphatic rings. The molecule has 9 heteroatoms. The fraction of sp³-hybridized carbons (Fsp3) is 0.387. The molecule has 6 rings (SSSR count). The molecule has 2 saturated heterocycles. The monoisotopic (exact) mass is 578 g/mol. The molecule has 2 aromatic carbocycles. The fourth-order valence-electron chi connectivity index (χ4n) is 6.83. The van der Waals surface area contributed by atoms with E-state index in [9.17, 15) is 19.5 Å². The van der Waals surface area contributed by atoms with Crippen LogP contribution in [0.15, 0.2) is 78.9 Å². The number of anilines is 1. The summed E-state index contributed by atoms with van der Waals surface area (Å²) in [5, 5.41) is 11.1. The molecule has 40 heavy (non-hydrogen) atoms. The summed E-state index contributed by atoms with van der Waals surface area (Å²) in [6.07, 6.45) is 9.39. The van der Waals surface area contributed by atoms with Gasteiger partial charge < -0.3 is 19.6 Å². The topological polar surface area (TPSA) is 87.1 Å². The number of hydrogen-bond acceptors (Lipinski definition) is 6. The number of halogens is 1. The van der Waals surface area contributed by atoms with Gasteiger partial charge in [0, 0.05) is 11.3 Å². The van der Waals surface area contributed by atoms with Crippen LogP contribution in [0.3, 0.4) is 0 Å². The number of allylic oxidation sites excluding steroid dienone is 1. The average molecular weight is 579 g/mol. The molecule has 0 radical (unpaired) electrons. The van der Waals surface area contributed by atoms with Gasteiger partial charge >= 0.3 is 5.97 Å². The van der Waals surface area contributed by atoms with Crippen molar-refractivity contribution in [3.63, 3.8) is 0 Å². The number of cyclic esters (lactones) is 1. The number of amides is 2. The molecule has 6 atom stereocenters. The number of nitrogens with zero attached hydrogens (tertiary/aromatic N) is 2. The largest absolute Gasteiger partial charge is 0.465 e. The molecular weight excluding hydrogens is 548 g/mol. The van der Waals surface area contributed by atoms with E-state index in [4.69, 9.17) is 16.3 Å². The van der Waals surface area contributed by atoms with Gasteiger partial charge in [-0.2, -0.15) is 0 Å². The molecule has 1 unspecified atom stereocenters. The van der Waals surface area contributed by atoms with Crippen molar-refractivity contribution in [1.29, 1.82) is 0 Å². The van der Waals surface area contributed by atoms with Crippen molar-refractivity contribution < 1.29 is 24.2 Å². The van der Waals surface area contributed by atoms with Crippen LogP contribution in [0.1, 0.15) is 31.4 Å². The smallest absolute Gasteiger partial charge is 0.311 e. The Morgan fingerprint density at radius 2 is 1.77 bits per heavy atom. The third-order valence-corrected chi connectivity index (χ3v) is 10.6. The molecule has 0 aromatic heterocycles. The second kappa shape index (κ2) is 10.4. The highest BCUT2D eigenvalue weighted by atomic mass is 35.5. The van der Waals surface area contributed by atoms with Crippen LogP contribution in [0.5, 0.6) is 0 Å². The van der Waals surface area contributed by atoms with E-state index in [2.05, 4.69) is 6.08 Å². The molecule has 208 valence electrons. The lowest BCUT2D eigenvalue weighted by Crippen LogP contribution is -2.54. The lowest BCUT2D eigenvalue weighted by atomic mass is 9.74. The Kier molecular flexibility index (Phi) is 7.05. The summed E-state index contributed by atoms with van der Waals surface area (Å²) < 4.78 is 3.87. The normalized spacial score (nSPS) is 33.2. The maximum absolute atomic E-state index is 14.7. The number of esters is 1. The van der Waals surface area contributed by atoms with Crippen LogP contribution in [0.2, 0.25) is 5.02 Å². The van der Waals surface area contributed by atoms with Gasteiger partial charge in [0.15, 0.2) is 0 Å². The summed E-state index contributed by atoms with van der Waals surface area (Å²) in [6, 6.07) is 14.6. The van der Waals surface area contributed by atoms with Crippen molar-refractivity contribution in [3.8, 4) is 0 Å². The number of aliphatic hydroxyl groups excluding tert-OH is 1. The summed E-state index contributed by atoms with van der Waals surface area (Å²) in [7, 11) is 0. The summed E-state index contributed by atoms with van der Waals surface area (Å²) in [5.74, 6) is -2.72. The van der Waals surface area contributed by atoms with E-state index in [-0.39, 0.29) is 31.6 Å². The third kappa shape index (κ3) is 4.11. The number of para-hydroxylation sites is 1. The zero-order valence-corrected chi connectivity index (χ0v) is 23.7. The standard InChI is InChI=1S/C31H31ClN2O5S/c1-30-15-8-3-9-18-39-29(38)25(30)24-27(36)34(23(19-35)20-11-4-2-5-12-20)26-28(37)33(17-10-16-31(24,26)40-30)22-14-7-6-13-21(22)32/h2,4-8,10-16,23-26,35H,3,9,17-19H2,1H3/b15-8-/t23-,24+,25-,26?,30+,31+/m1/s1. The van der Waals surface area contributed by atoms with E-state index in [0.717, 1.165) is 6.42 Å². The maximum atomic E-state index is 14.7. The van der Waals surface area contributed by atoms with Gasteiger partial charge in [-0.15, -0.1) is 11.8 Å². The summed E-state index contributed by atoms with van der Waals surface area (Å²) in [5.41, 5.74) is 1.26. The average Bonchev–Trinajstić information content (AvgIpc) is 3.30. The minimum Gasteiger partial charge on any atom is -0.465 e. The highest BCUT2D eigenvalue weighted by Crippen LogP contribution is 2.66. The van der Waals surface area contributed by atoms with Gasteiger partial charge in [0.05, 0.1) is 46.5 Å². The Morgan fingerprint density at radius 1 is 1.02 bits per heavy atom. The Labute approximate surface area is 242 Å². The van der Waals surface area contributed by atoms with E-state index >= 15 is 0 Å². The summed E-state index contributed by atoms with van der Waals surface area (Å²) in [6.45, 7) is 2.12. The number of aliphatic hydroxyl groups is 1.